The lowest BCUT2D eigenvalue weighted by Crippen LogP contribution is -2.24. The van der Waals surface area contributed by atoms with E-state index >= 15 is 0 Å². The molecule has 23 heavy (non-hydrogen) atoms. The molecule has 0 bridgehead atoms. The highest BCUT2D eigenvalue weighted by Crippen LogP contribution is 2.31. The molecule has 1 amide bonds. The number of thioether (sulfide) groups is 1. The Morgan fingerprint density at radius 1 is 1.39 bits per heavy atom. The minimum Gasteiger partial charge on any atom is -0.351 e. The second-order valence-electron chi connectivity index (χ2n) is 5.54. The van der Waals surface area contributed by atoms with E-state index in [1.165, 1.54) is 24.6 Å². The monoisotopic (exact) mass is 395 g/mol. The van der Waals surface area contributed by atoms with E-state index in [9.17, 15) is 4.79 Å². The minimum absolute atomic E-state index is 0.0176. The Morgan fingerprint density at radius 3 is 3.00 bits per heavy atom. The SMILES string of the molecule is O=C(CSc1nnnn1C1CCCC1)NCc1cccc(Br)c1. The van der Waals surface area contributed by atoms with Crippen LogP contribution in [0, 0.1) is 0 Å². The highest BCUT2D eigenvalue weighted by molar-refractivity contribution is 9.10. The van der Waals surface area contributed by atoms with E-state index in [1.54, 1.807) is 0 Å². The summed E-state index contributed by atoms with van der Waals surface area (Å²) in [6, 6.07) is 8.28. The van der Waals surface area contributed by atoms with E-state index in [0.717, 1.165) is 28.0 Å². The quantitative estimate of drug-likeness (QED) is 0.761. The summed E-state index contributed by atoms with van der Waals surface area (Å²) >= 11 is 4.82. The van der Waals surface area contributed by atoms with Gasteiger partial charge in [-0.25, -0.2) is 4.68 Å². The van der Waals surface area contributed by atoms with E-state index in [-0.39, 0.29) is 5.91 Å². The van der Waals surface area contributed by atoms with Crippen molar-refractivity contribution in [3.8, 4) is 0 Å². The molecular formula is C15H18BrN5OS. The topological polar surface area (TPSA) is 72.7 Å². The van der Waals surface area contributed by atoms with Crippen molar-refractivity contribution < 1.29 is 4.79 Å². The lowest BCUT2D eigenvalue weighted by atomic mass is 10.2. The maximum absolute atomic E-state index is 12.0. The van der Waals surface area contributed by atoms with Crippen LogP contribution in [-0.4, -0.2) is 31.9 Å². The number of aromatic nitrogens is 4. The normalized spacial score (nSPS) is 15.0. The molecule has 1 aromatic carbocycles. The third kappa shape index (κ3) is 4.54. The van der Waals surface area contributed by atoms with Crippen molar-refractivity contribution in [1.29, 1.82) is 0 Å². The van der Waals surface area contributed by atoms with E-state index in [1.807, 2.05) is 28.9 Å². The second-order valence-corrected chi connectivity index (χ2v) is 7.40. The van der Waals surface area contributed by atoms with Crippen molar-refractivity contribution in [2.75, 3.05) is 5.75 Å². The number of tetrazole rings is 1. The molecule has 0 spiro atoms. The van der Waals surface area contributed by atoms with Crippen molar-refractivity contribution in [1.82, 2.24) is 25.5 Å². The average molecular weight is 396 g/mol. The van der Waals surface area contributed by atoms with Crippen LogP contribution in [0.4, 0.5) is 0 Å². The molecule has 1 aromatic heterocycles. The molecule has 3 rings (SSSR count). The zero-order chi connectivity index (χ0) is 16.1. The molecule has 0 atom stereocenters. The van der Waals surface area contributed by atoms with Crippen molar-refractivity contribution in [3.05, 3.63) is 34.3 Å². The second kappa shape index (κ2) is 7.92. The Hall–Kier alpha value is -1.41. The zero-order valence-corrected chi connectivity index (χ0v) is 15.0. The van der Waals surface area contributed by atoms with Gasteiger partial charge in [0.1, 0.15) is 0 Å². The molecule has 8 heteroatoms. The first-order chi connectivity index (χ1) is 11.2. The fourth-order valence-electron chi connectivity index (χ4n) is 2.69. The van der Waals surface area contributed by atoms with Crippen LogP contribution < -0.4 is 5.32 Å². The van der Waals surface area contributed by atoms with Crippen LogP contribution in [0.25, 0.3) is 0 Å². The number of nitrogens with zero attached hydrogens (tertiary/aromatic N) is 4. The van der Waals surface area contributed by atoms with Gasteiger partial charge in [0, 0.05) is 11.0 Å². The first-order valence-electron chi connectivity index (χ1n) is 7.64. The summed E-state index contributed by atoms with van der Waals surface area (Å²) in [7, 11) is 0. The summed E-state index contributed by atoms with van der Waals surface area (Å²) in [4.78, 5) is 12.0. The van der Waals surface area contributed by atoms with Gasteiger partial charge in [0.15, 0.2) is 0 Å². The number of hydrogen-bond donors (Lipinski definition) is 1. The van der Waals surface area contributed by atoms with E-state index in [4.69, 9.17) is 0 Å². The Kier molecular flexibility index (Phi) is 5.66. The first kappa shape index (κ1) is 16.4. The van der Waals surface area contributed by atoms with Crippen LogP contribution in [0.3, 0.4) is 0 Å². The lowest BCUT2D eigenvalue weighted by molar-refractivity contribution is -0.118. The molecule has 1 heterocycles. The smallest absolute Gasteiger partial charge is 0.230 e. The Labute approximate surface area is 147 Å². The summed E-state index contributed by atoms with van der Waals surface area (Å²) in [5, 5.41) is 15.5. The summed E-state index contributed by atoms with van der Waals surface area (Å²) in [5.41, 5.74) is 1.06. The lowest BCUT2D eigenvalue weighted by Gasteiger charge is -2.10. The van der Waals surface area contributed by atoms with Crippen LogP contribution in [0.2, 0.25) is 0 Å². The molecule has 1 aliphatic carbocycles. The maximum atomic E-state index is 12.0. The van der Waals surface area contributed by atoms with Gasteiger partial charge in [-0.2, -0.15) is 0 Å². The van der Waals surface area contributed by atoms with Gasteiger partial charge >= 0.3 is 0 Å². The third-order valence-electron chi connectivity index (χ3n) is 3.84. The number of halogens is 1. The summed E-state index contributed by atoms with van der Waals surface area (Å²) < 4.78 is 2.88. The number of rotatable bonds is 6. The number of amides is 1. The van der Waals surface area contributed by atoms with Gasteiger partial charge in [-0.3, -0.25) is 4.79 Å². The number of carbonyl (C=O) groups is 1. The number of hydrogen-bond acceptors (Lipinski definition) is 5. The van der Waals surface area contributed by atoms with E-state index in [2.05, 4.69) is 36.8 Å². The van der Waals surface area contributed by atoms with Crippen LogP contribution in [-0.2, 0) is 11.3 Å². The van der Waals surface area contributed by atoms with Crippen LogP contribution in [0.15, 0.2) is 33.9 Å². The van der Waals surface area contributed by atoms with Crippen molar-refractivity contribution in [2.24, 2.45) is 0 Å². The molecule has 2 aromatic rings. The van der Waals surface area contributed by atoms with Gasteiger partial charge in [-0.05, 0) is 41.0 Å². The van der Waals surface area contributed by atoms with Crippen LogP contribution >= 0.6 is 27.7 Å². The van der Waals surface area contributed by atoms with Crippen LogP contribution in [0.5, 0.6) is 0 Å². The van der Waals surface area contributed by atoms with Crippen LogP contribution in [0.1, 0.15) is 37.3 Å². The molecule has 1 saturated carbocycles. The summed E-state index contributed by atoms with van der Waals surface area (Å²) in [6.07, 6.45) is 4.69. The zero-order valence-electron chi connectivity index (χ0n) is 12.6. The predicted octanol–water partition coefficient (Wildman–Crippen LogP) is 2.96. The molecule has 0 aliphatic heterocycles. The Balaban J connectivity index is 1.48. The standard InChI is InChI=1S/C15H18BrN5OS/c16-12-5-3-4-11(8-12)9-17-14(22)10-23-15-18-19-20-21(15)13-6-1-2-7-13/h3-5,8,13H,1-2,6-7,9-10H2,(H,17,22). The van der Waals surface area contributed by atoms with Gasteiger partial charge in [0.2, 0.25) is 11.1 Å². The number of carbonyl (C=O) groups excluding carboxylic acids is 1. The van der Waals surface area contributed by atoms with Crippen molar-refractivity contribution >= 4 is 33.6 Å². The average Bonchev–Trinajstić information content (AvgIpc) is 3.21. The Bertz CT molecular complexity index is 671. The van der Waals surface area contributed by atoms with E-state index in [0.29, 0.717) is 18.3 Å². The summed E-state index contributed by atoms with van der Waals surface area (Å²) in [5.74, 6) is 0.303. The number of nitrogens with one attached hydrogen (secondary N) is 1. The first-order valence-corrected chi connectivity index (χ1v) is 9.42. The highest BCUT2D eigenvalue weighted by atomic mass is 79.9. The molecule has 6 nitrogen and oxygen atoms in total. The van der Waals surface area contributed by atoms with Gasteiger partial charge < -0.3 is 5.32 Å². The van der Waals surface area contributed by atoms with Crippen molar-refractivity contribution in [3.63, 3.8) is 0 Å². The molecule has 0 radical (unpaired) electrons. The molecular weight excluding hydrogens is 378 g/mol. The fourth-order valence-corrected chi connectivity index (χ4v) is 3.91. The molecule has 122 valence electrons. The highest BCUT2D eigenvalue weighted by Gasteiger charge is 2.21. The minimum atomic E-state index is -0.0176. The third-order valence-corrected chi connectivity index (χ3v) is 5.27. The van der Waals surface area contributed by atoms with Gasteiger partial charge in [-0.1, -0.05) is 52.7 Å². The van der Waals surface area contributed by atoms with Gasteiger partial charge in [-0.15, -0.1) is 5.10 Å². The van der Waals surface area contributed by atoms with E-state index < -0.39 is 0 Å². The molecule has 1 N–H and O–H groups in total. The van der Waals surface area contributed by atoms with Crippen molar-refractivity contribution in [2.45, 2.75) is 43.4 Å². The molecule has 1 fully saturated rings. The molecule has 0 unspecified atom stereocenters. The number of benzene rings is 1. The fraction of sp³-hybridized carbons (Fsp3) is 0.467. The van der Waals surface area contributed by atoms with Gasteiger partial charge in [0.25, 0.3) is 0 Å². The van der Waals surface area contributed by atoms with Gasteiger partial charge in [0.05, 0.1) is 11.8 Å². The maximum Gasteiger partial charge on any atom is 0.230 e. The summed E-state index contributed by atoms with van der Waals surface area (Å²) in [6.45, 7) is 0.520. The largest absolute Gasteiger partial charge is 0.351 e. The molecule has 1 aliphatic rings. The Morgan fingerprint density at radius 2 is 2.22 bits per heavy atom. The predicted molar refractivity (Wildman–Crippen MR) is 92.0 cm³/mol. The molecule has 0 saturated heterocycles.